The second-order valence-electron chi connectivity index (χ2n) is 7.46. The van der Waals surface area contributed by atoms with Gasteiger partial charge in [-0.3, -0.25) is 9.10 Å². The Morgan fingerprint density at radius 1 is 1.12 bits per heavy atom. The van der Waals surface area contributed by atoms with E-state index < -0.39 is 10.0 Å². The van der Waals surface area contributed by atoms with Crippen LogP contribution >= 0.6 is 23.1 Å². The molecule has 0 saturated carbocycles. The summed E-state index contributed by atoms with van der Waals surface area (Å²) in [5, 5.41) is 11.3. The summed E-state index contributed by atoms with van der Waals surface area (Å²) >= 11 is 2.87. The van der Waals surface area contributed by atoms with Crippen LogP contribution in [0.5, 0.6) is 11.5 Å². The molecule has 0 spiro atoms. The highest BCUT2D eigenvalue weighted by molar-refractivity contribution is 8.00. The van der Waals surface area contributed by atoms with Gasteiger partial charge in [0.05, 0.1) is 11.9 Å². The van der Waals surface area contributed by atoms with E-state index in [4.69, 9.17) is 9.47 Å². The van der Waals surface area contributed by atoms with Crippen LogP contribution in [0.1, 0.15) is 18.4 Å². The third-order valence-corrected chi connectivity index (χ3v) is 8.07. The van der Waals surface area contributed by atoms with E-state index in [1.807, 2.05) is 30.3 Å². The Labute approximate surface area is 206 Å². The Hall–Kier alpha value is -2.83. The van der Waals surface area contributed by atoms with Crippen molar-refractivity contribution in [3.8, 4) is 11.5 Å². The van der Waals surface area contributed by atoms with Gasteiger partial charge in [0, 0.05) is 24.8 Å². The minimum absolute atomic E-state index is 0.142. The number of amides is 1. The van der Waals surface area contributed by atoms with Gasteiger partial charge in [-0.1, -0.05) is 53.4 Å². The highest BCUT2D eigenvalue weighted by atomic mass is 32.2. The van der Waals surface area contributed by atoms with Gasteiger partial charge in [0.15, 0.2) is 15.8 Å². The summed E-state index contributed by atoms with van der Waals surface area (Å²) in [5.41, 5.74) is 1.65. The SMILES string of the molecule is CS(=O)(=O)N(CCCC(=O)Nc1nnc(SCc2ccccc2)s1)c1ccc2c(c1)OCCO2. The number of nitrogens with zero attached hydrogens (tertiary/aromatic N) is 3. The molecule has 0 unspecified atom stereocenters. The van der Waals surface area contributed by atoms with Crippen LogP contribution in [0.15, 0.2) is 52.9 Å². The number of ether oxygens (including phenoxy) is 2. The molecule has 2 heterocycles. The average Bonchev–Trinajstić information content (AvgIpc) is 3.27. The number of hydrogen-bond acceptors (Lipinski definition) is 9. The topological polar surface area (TPSA) is 111 Å². The molecule has 4 rings (SSSR count). The zero-order chi connectivity index (χ0) is 24.0. The molecule has 2 aromatic carbocycles. The molecule has 1 aliphatic heterocycles. The van der Waals surface area contributed by atoms with E-state index in [2.05, 4.69) is 15.5 Å². The molecule has 180 valence electrons. The second-order valence-corrected chi connectivity index (χ2v) is 11.6. The van der Waals surface area contributed by atoms with Crippen LogP contribution in [-0.2, 0) is 20.6 Å². The first-order chi connectivity index (χ1) is 16.4. The van der Waals surface area contributed by atoms with Gasteiger partial charge < -0.3 is 14.8 Å². The van der Waals surface area contributed by atoms with Gasteiger partial charge in [-0.15, -0.1) is 10.2 Å². The predicted molar refractivity (Wildman–Crippen MR) is 133 cm³/mol. The molecule has 0 atom stereocenters. The maximum absolute atomic E-state index is 12.4. The Balaban J connectivity index is 1.28. The average molecular weight is 521 g/mol. The van der Waals surface area contributed by atoms with Crippen molar-refractivity contribution in [1.82, 2.24) is 10.2 Å². The lowest BCUT2D eigenvalue weighted by Gasteiger charge is -2.25. The summed E-state index contributed by atoms with van der Waals surface area (Å²) < 4.78 is 37.8. The van der Waals surface area contributed by atoms with Gasteiger partial charge in [-0.2, -0.15) is 0 Å². The maximum atomic E-state index is 12.4. The molecule has 12 heteroatoms. The fraction of sp³-hybridized carbons (Fsp3) is 0.318. The molecule has 0 fully saturated rings. The van der Waals surface area contributed by atoms with Crippen LogP contribution in [0.3, 0.4) is 0 Å². The van der Waals surface area contributed by atoms with Crippen molar-refractivity contribution in [2.24, 2.45) is 0 Å². The van der Waals surface area contributed by atoms with Crippen LogP contribution in [0.25, 0.3) is 0 Å². The largest absolute Gasteiger partial charge is 0.486 e. The number of thioether (sulfide) groups is 1. The molecular weight excluding hydrogens is 496 g/mol. The fourth-order valence-electron chi connectivity index (χ4n) is 3.28. The van der Waals surface area contributed by atoms with Crippen molar-refractivity contribution in [3.63, 3.8) is 0 Å². The van der Waals surface area contributed by atoms with Gasteiger partial charge in [0.25, 0.3) is 0 Å². The van der Waals surface area contributed by atoms with E-state index in [-0.39, 0.29) is 18.9 Å². The van der Waals surface area contributed by atoms with Crippen LogP contribution in [0, 0.1) is 0 Å². The second kappa shape index (κ2) is 11.1. The number of fused-ring (bicyclic) bond motifs is 1. The first-order valence-electron chi connectivity index (χ1n) is 10.6. The highest BCUT2D eigenvalue weighted by Gasteiger charge is 2.21. The summed E-state index contributed by atoms with van der Waals surface area (Å²) in [4.78, 5) is 12.4. The van der Waals surface area contributed by atoms with E-state index in [9.17, 15) is 13.2 Å². The lowest BCUT2D eigenvalue weighted by molar-refractivity contribution is -0.116. The van der Waals surface area contributed by atoms with Crippen molar-refractivity contribution in [1.29, 1.82) is 0 Å². The molecule has 1 amide bonds. The first-order valence-corrected chi connectivity index (χ1v) is 14.2. The molecule has 1 aliphatic rings. The van der Waals surface area contributed by atoms with Crippen molar-refractivity contribution in [2.45, 2.75) is 22.9 Å². The Bertz CT molecular complexity index is 1230. The Kier molecular flexibility index (Phi) is 7.91. The molecule has 0 aliphatic carbocycles. The smallest absolute Gasteiger partial charge is 0.232 e. The van der Waals surface area contributed by atoms with Gasteiger partial charge in [-0.05, 0) is 24.1 Å². The predicted octanol–water partition coefficient (Wildman–Crippen LogP) is 3.79. The summed E-state index contributed by atoms with van der Waals surface area (Å²) in [6.07, 6.45) is 1.62. The van der Waals surface area contributed by atoms with Gasteiger partial charge in [0.1, 0.15) is 13.2 Å². The molecule has 3 aromatic rings. The number of aromatic nitrogens is 2. The standard InChI is InChI=1S/C22H24N4O5S3/c1-34(28,29)26(17-9-10-18-19(14-17)31-13-12-30-18)11-5-8-20(27)23-21-24-25-22(33-21)32-15-16-6-3-2-4-7-16/h2-4,6-7,9-10,14H,5,8,11-13,15H2,1H3,(H,23,24,27). The van der Waals surface area contributed by atoms with E-state index in [0.717, 1.165) is 16.3 Å². The summed E-state index contributed by atoms with van der Waals surface area (Å²) in [6, 6.07) is 15.0. The minimum atomic E-state index is -3.55. The number of carbonyl (C=O) groups excluding carboxylic acids is 1. The Morgan fingerprint density at radius 3 is 2.65 bits per heavy atom. The van der Waals surface area contributed by atoms with Crippen molar-refractivity contribution in [2.75, 3.05) is 35.6 Å². The number of hydrogen-bond donors (Lipinski definition) is 1. The first kappa shape index (κ1) is 24.3. The third kappa shape index (κ3) is 6.61. The number of rotatable bonds is 10. The van der Waals surface area contributed by atoms with Gasteiger partial charge in [0.2, 0.25) is 21.1 Å². The Morgan fingerprint density at radius 2 is 1.88 bits per heavy atom. The molecular formula is C22H24N4O5S3. The normalized spacial score (nSPS) is 12.9. The maximum Gasteiger partial charge on any atom is 0.232 e. The van der Waals surface area contributed by atoms with Crippen LogP contribution < -0.4 is 19.1 Å². The van der Waals surface area contributed by atoms with E-state index in [1.165, 1.54) is 21.2 Å². The summed E-state index contributed by atoms with van der Waals surface area (Å²) in [7, 11) is -3.55. The van der Waals surface area contributed by atoms with Crippen molar-refractivity contribution < 1.29 is 22.7 Å². The molecule has 34 heavy (non-hydrogen) atoms. The van der Waals surface area contributed by atoms with E-state index in [1.54, 1.807) is 30.0 Å². The zero-order valence-electron chi connectivity index (χ0n) is 18.5. The summed E-state index contributed by atoms with van der Waals surface area (Å²) in [6.45, 7) is 1.02. The highest BCUT2D eigenvalue weighted by Crippen LogP contribution is 2.35. The number of sulfonamides is 1. The molecule has 9 nitrogen and oxygen atoms in total. The van der Waals surface area contributed by atoms with Crippen LogP contribution in [0.2, 0.25) is 0 Å². The summed E-state index contributed by atoms with van der Waals surface area (Å²) in [5.74, 6) is 1.62. The molecule has 1 aromatic heterocycles. The van der Waals surface area contributed by atoms with Gasteiger partial charge >= 0.3 is 0 Å². The zero-order valence-corrected chi connectivity index (χ0v) is 20.9. The number of nitrogens with one attached hydrogen (secondary N) is 1. The van der Waals surface area contributed by atoms with Crippen molar-refractivity contribution >= 4 is 49.8 Å². The molecule has 1 N–H and O–H groups in total. The number of carbonyl (C=O) groups is 1. The number of anilines is 2. The monoisotopic (exact) mass is 520 g/mol. The van der Waals surface area contributed by atoms with Gasteiger partial charge in [-0.25, -0.2) is 8.42 Å². The molecule has 0 bridgehead atoms. The quantitative estimate of drug-likeness (QED) is 0.318. The fourth-order valence-corrected chi connectivity index (χ4v) is 5.96. The van der Waals surface area contributed by atoms with Crippen molar-refractivity contribution in [3.05, 3.63) is 54.1 Å². The van der Waals surface area contributed by atoms with Crippen LogP contribution in [-0.4, -0.2) is 50.5 Å². The molecule has 0 saturated heterocycles. The number of benzene rings is 2. The minimum Gasteiger partial charge on any atom is -0.486 e. The van der Waals surface area contributed by atoms with Crippen LogP contribution in [0.4, 0.5) is 10.8 Å². The lowest BCUT2D eigenvalue weighted by Crippen LogP contribution is -2.31. The third-order valence-electron chi connectivity index (χ3n) is 4.84. The lowest BCUT2D eigenvalue weighted by atomic mass is 10.2. The van der Waals surface area contributed by atoms with E-state index in [0.29, 0.717) is 42.0 Å². The molecule has 0 radical (unpaired) electrons. The van der Waals surface area contributed by atoms with E-state index >= 15 is 0 Å².